The highest BCUT2D eigenvalue weighted by atomic mass is 32.2. The third-order valence-corrected chi connectivity index (χ3v) is 6.72. The van der Waals surface area contributed by atoms with Crippen molar-refractivity contribution in [1.29, 1.82) is 0 Å². The number of sulfone groups is 1. The molecule has 1 saturated heterocycles. The Balaban J connectivity index is 1.96. The van der Waals surface area contributed by atoms with Gasteiger partial charge >= 0.3 is 0 Å². The Morgan fingerprint density at radius 3 is 2.72 bits per heavy atom. The molecule has 0 radical (unpaired) electrons. The number of nitrogens with one attached hydrogen (secondary N) is 1. The van der Waals surface area contributed by atoms with Gasteiger partial charge in [0.2, 0.25) is 5.91 Å². The first-order valence-corrected chi connectivity index (χ1v) is 11.1. The molecule has 2 heterocycles. The minimum absolute atomic E-state index is 0.0634. The summed E-state index contributed by atoms with van der Waals surface area (Å²) in [5.41, 5.74) is 0.328. The van der Waals surface area contributed by atoms with Crippen molar-refractivity contribution in [3.8, 4) is 0 Å². The molecule has 0 aromatic carbocycles. The first-order chi connectivity index (χ1) is 11.9. The van der Waals surface area contributed by atoms with Crippen LogP contribution in [0.15, 0.2) is 5.10 Å². The van der Waals surface area contributed by atoms with Gasteiger partial charge in [0.1, 0.15) is 5.71 Å². The molecule has 0 aliphatic carbocycles. The van der Waals surface area contributed by atoms with Crippen molar-refractivity contribution in [1.82, 2.24) is 10.3 Å². The fourth-order valence-corrected chi connectivity index (χ4v) is 4.96. The van der Waals surface area contributed by atoms with Gasteiger partial charge < -0.3 is 5.32 Å². The van der Waals surface area contributed by atoms with E-state index < -0.39 is 15.9 Å². The van der Waals surface area contributed by atoms with Gasteiger partial charge in [-0.05, 0) is 18.8 Å². The van der Waals surface area contributed by atoms with Crippen LogP contribution in [0.25, 0.3) is 0 Å². The maximum atomic E-state index is 12.4. The van der Waals surface area contributed by atoms with E-state index in [0.717, 1.165) is 25.7 Å². The quantitative estimate of drug-likeness (QED) is 0.699. The minimum atomic E-state index is -3.10. The lowest BCUT2D eigenvalue weighted by Crippen LogP contribution is -2.44. The van der Waals surface area contributed by atoms with Gasteiger partial charge in [0.15, 0.2) is 9.84 Å². The molecule has 0 spiro atoms. The molecule has 142 valence electrons. The van der Waals surface area contributed by atoms with E-state index in [9.17, 15) is 18.0 Å². The van der Waals surface area contributed by atoms with E-state index in [1.807, 2.05) is 0 Å². The fraction of sp³-hybridized carbons (Fsp3) is 0.824. The van der Waals surface area contributed by atoms with Crippen LogP contribution < -0.4 is 5.32 Å². The lowest BCUT2D eigenvalue weighted by Gasteiger charge is -2.27. The maximum Gasteiger partial charge on any atom is 0.267 e. The number of nitrogens with zero attached hydrogens (tertiary/aromatic N) is 2. The Bertz CT molecular complexity index is 630. The predicted octanol–water partition coefficient (Wildman–Crippen LogP) is 1.48. The van der Waals surface area contributed by atoms with Gasteiger partial charge in [-0.1, -0.05) is 33.1 Å². The average Bonchev–Trinajstić information content (AvgIpc) is 2.95. The number of rotatable bonds is 8. The summed E-state index contributed by atoms with van der Waals surface area (Å²) in [6.45, 7) is 4.88. The SMILES string of the molecule is CCCCC(CC)CNC(=O)C1=NN(C2CCS(=O)(=O)C2)C(=O)CC1. The Morgan fingerprint density at radius 2 is 2.12 bits per heavy atom. The van der Waals surface area contributed by atoms with Gasteiger partial charge in [-0.25, -0.2) is 13.4 Å². The fourth-order valence-electron chi connectivity index (χ4n) is 3.27. The predicted molar refractivity (Wildman–Crippen MR) is 96.9 cm³/mol. The second-order valence-corrected chi connectivity index (χ2v) is 9.20. The zero-order valence-electron chi connectivity index (χ0n) is 15.2. The molecule has 0 saturated carbocycles. The van der Waals surface area contributed by atoms with Crippen LogP contribution in [-0.4, -0.2) is 55.0 Å². The lowest BCUT2D eigenvalue weighted by atomic mass is 9.99. The smallest absolute Gasteiger partial charge is 0.267 e. The molecule has 2 aliphatic rings. The van der Waals surface area contributed by atoms with Gasteiger partial charge in [0.25, 0.3) is 5.91 Å². The molecule has 0 aromatic rings. The van der Waals surface area contributed by atoms with Crippen LogP contribution in [0.4, 0.5) is 0 Å². The van der Waals surface area contributed by atoms with Crippen molar-refractivity contribution in [2.75, 3.05) is 18.1 Å². The molecule has 25 heavy (non-hydrogen) atoms. The summed E-state index contributed by atoms with van der Waals surface area (Å²) in [7, 11) is -3.10. The number of unbranched alkanes of at least 4 members (excludes halogenated alkanes) is 1. The number of hydrogen-bond donors (Lipinski definition) is 1. The van der Waals surface area contributed by atoms with Gasteiger partial charge in [-0.3, -0.25) is 9.59 Å². The van der Waals surface area contributed by atoms with Gasteiger partial charge in [-0.2, -0.15) is 5.10 Å². The van der Waals surface area contributed by atoms with E-state index in [1.54, 1.807) is 0 Å². The number of carbonyl (C=O) groups excluding carboxylic acids is 2. The summed E-state index contributed by atoms with van der Waals surface area (Å²) in [6, 6.07) is -0.437. The van der Waals surface area contributed by atoms with Crippen molar-refractivity contribution in [3.63, 3.8) is 0 Å². The third kappa shape index (κ3) is 5.52. The molecule has 2 unspecified atom stereocenters. The lowest BCUT2D eigenvalue weighted by molar-refractivity contribution is -0.133. The highest BCUT2D eigenvalue weighted by Gasteiger charge is 2.37. The molecule has 0 aromatic heterocycles. The summed E-state index contributed by atoms with van der Waals surface area (Å²) >= 11 is 0. The van der Waals surface area contributed by atoms with Crippen LogP contribution >= 0.6 is 0 Å². The normalized spacial score (nSPS) is 24.1. The van der Waals surface area contributed by atoms with Gasteiger partial charge in [-0.15, -0.1) is 0 Å². The molecular formula is C17H29N3O4S. The van der Waals surface area contributed by atoms with E-state index >= 15 is 0 Å². The molecule has 0 bridgehead atoms. The van der Waals surface area contributed by atoms with Gasteiger partial charge in [0, 0.05) is 19.4 Å². The first-order valence-electron chi connectivity index (χ1n) is 9.24. The largest absolute Gasteiger partial charge is 0.351 e. The molecule has 8 heteroatoms. The average molecular weight is 372 g/mol. The van der Waals surface area contributed by atoms with Gasteiger partial charge in [0.05, 0.1) is 17.5 Å². The van der Waals surface area contributed by atoms with E-state index in [4.69, 9.17) is 0 Å². The van der Waals surface area contributed by atoms with Crippen LogP contribution in [0, 0.1) is 5.92 Å². The van der Waals surface area contributed by atoms with Crippen molar-refractivity contribution < 1.29 is 18.0 Å². The highest BCUT2D eigenvalue weighted by molar-refractivity contribution is 7.91. The molecule has 2 rings (SSSR count). The molecular weight excluding hydrogens is 342 g/mol. The summed E-state index contributed by atoms with van der Waals surface area (Å²) in [4.78, 5) is 24.5. The maximum absolute atomic E-state index is 12.4. The van der Waals surface area contributed by atoms with Crippen LogP contribution in [0.1, 0.15) is 58.8 Å². The third-order valence-electron chi connectivity index (χ3n) is 4.97. The van der Waals surface area contributed by atoms with Crippen molar-refractivity contribution in [2.45, 2.75) is 64.8 Å². The monoisotopic (exact) mass is 371 g/mol. The van der Waals surface area contributed by atoms with E-state index in [0.29, 0.717) is 31.0 Å². The van der Waals surface area contributed by atoms with Crippen molar-refractivity contribution in [2.24, 2.45) is 11.0 Å². The second kappa shape index (κ2) is 8.78. The number of amides is 2. The van der Waals surface area contributed by atoms with E-state index in [-0.39, 0.29) is 29.7 Å². The first kappa shape index (κ1) is 19.9. The Hall–Kier alpha value is -1.44. The standard InChI is InChI=1S/C17H29N3O4S/c1-3-5-6-13(4-2)11-18-17(22)15-7-8-16(21)20(19-15)14-9-10-25(23,24)12-14/h13-14H,3-12H2,1-2H3,(H,18,22). The number of hydrogen-bond acceptors (Lipinski definition) is 5. The summed E-state index contributed by atoms with van der Waals surface area (Å²) in [5, 5.41) is 8.36. The van der Waals surface area contributed by atoms with Crippen LogP contribution in [0.3, 0.4) is 0 Å². The highest BCUT2D eigenvalue weighted by Crippen LogP contribution is 2.22. The van der Waals surface area contributed by atoms with E-state index in [1.165, 1.54) is 5.01 Å². The number of hydrazone groups is 1. The van der Waals surface area contributed by atoms with E-state index in [2.05, 4.69) is 24.3 Å². The Labute approximate surface area is 150 Å². The molecule has 2 atom stereocenters. The Kier molecular flexibility index (Phi) is 6.98. The topological polar surface area (TPSA) is 95.9 Å². The second-order valence-electron chi connectivity index (χ2n) is 6.97. The number of carbonyl (C=O) groups is 2. The van der Waals surface area contributed by atoms with Crippen LogP contribution in [0.5, 0.6) is 0 Å². The van der Waals surface area contributed by atoms with Crippen molar-refractivity contribution >= 4 is 27.4 Å². The molecule has 1 fully saturated rings. The van der Waals surface area contributed by atoms with Crippen LogP contribution in [0.2, 0.25) is 0 Å². The Morgan fingerprint density at radius 1 is 1.36 bits per heavy atom. The minimum Gasteiger partial charge on any atom is -0.351 e. The zero-order valence-corrected chi connectivity index (χ0v) is 16.0. The molecule has 2 aliphatic heterocycles. The molecule has 2 amide bonds. The molecule has 7 nitrogen and oxygen atoms in total. The van der Waals surface area contributed by atoms with Crippen molar-refractivity contribution in [3.05, 3.63) is 0 Å². The van der Waals surface area contributed by atoms with Crippen LogP contribution in [-0.2, 0) is 19.4 Å². The zero-order chi connectivity index (χ0) is 18.4. The summed E-state index contributed by atoms with van der Waals surface area (Å²) in [6.07, 6.45) is 5.29. The summed E-state index contributed by atoms with van der Waals surface area (Å²) in [5.74, 6) is 0.0207. The summed E-state index contributed by atoms with van der Waals surface area (Å²) < 4.78 is 23.3. The molecule has 1 N–H and O–H groups in total.